The fourth-order valence-corrected chi connectivity index (χ4v) is 2.26. The normalized spacial score (nSPS) is 12.4. The first kappa shape index (κ1) is 11.1. The molecule has 16 heavy (non-hydrogen) atoms. The number of hydrogen-bond acceptors (Lipinski definition) is 3. The predicted octanol–water partition coefficient (Wildman–Crippen LogP) is 2.94. The molecule has 2 nitrogen and oxygen atoms in total. The van der Waals surface area contributed by atoms with Crippen LogP contribution in [0.25, 0.3) is 0 Å². The molecule has 0 aliphatic rings. The smallest absolute Gasteiger partial charge is 0.165 e. The van der Waals surface area contributed by atoms with Crippen LogP contribution in [0.15, 0.2) is 35.7 Å². The van der Waals surface area contributed by atoms with Gasteiger partial charge in [0.15, 0.2) is 11.6 Å². The van der Waals surface area contributed by atoms with Gasteiger partial charge in [0.1, 0.15) is 0 Å². The molecule has 0 fully saturated rings. The van der Waals surface area contributed by atoms with E-state index in [1.807, 2.05) is 17.5 Å². The molecular weight excluding hydrogens is 225 g/mol. The minimum Gasteiger partial charge on any atom is -0.494 e. The highest BCUT2D eigenvalue weighted by Gasteiger charge is 2.12. The summed E-state index contributed by atoms with van der Waals surface area (Å²) in [5.41, 5.74) is 6.77. The minimum absolute atomic E-state index is 0.238. The standard InChI is InChI=1S/C12H12FNOS/c1-15-10-5-4-8(7-9(10)13)12(14)11-3-2-6-16-11/h2-7,12H,14H2,1H3/t12-/m1/s1. The van der Waals surface area contributed by atoms with Crippen LogP contribution in [0, 0.1) is 5.82 Å². The summed E-state index contributed by atoms with van der Waals surface area (Å²) in [6.45, 7) is 0. The molecule has 0 amide bonds. The zero-order valence-corrected chi connectivity index (χ0v) is 9.63. The lowest BCUT2D eigenvalue weighted by Gasteiger charge is -2.11. The third-order valence-corrected chi connectivity index (χ3v) is 3.34. The fraction of sp³-hybridized carbons (Fsp3) is 0.167. The molecule has 0 saturated heterocycles. The summed E-state index contributed by atoms with van der Waals surface area (Å²) in [5, 5.41) is 1.95. The van der Waals surface area contributed by atoms with Crippen molar-refractivity contribution in [1.29, 1.82) is 0 Å². The van der Waals surface area contributed by atoms with E-state index in [-0.39, 0.29) is 17.6 Å². The summed E-state index contributed by atoms with van der Waals surface area (Å²) in [6, 6.07) is 8.39. The molecule has 1 aromatic heterocycles. The second kappa shape index (κ2) is 4.63. The number of hydrogen-bond donors (Lipinski definition) is 1. The molecule has 84 valence electrons. The number of nitrogens with two attached hydrogens (primary N) is 1. The number of rotatable bonds is 3. The van der Waals surface area contributed by atoms with E-state index in [4.69, 9.17) is 10.5 Å². The molecule has 2 rings (SSSR count). The van der Waals surface area contributed by atoms with Gasteiger partial charge in [-0.2, -0.15) is 0 Å². The first-order valence-corrected chi connectivity index (χ1v) is 5.72. The van der Waals surface area contributed by atoms with Crippen LogP contribution >= 0.6 is 11.3 Å². The maximum absolute atomic E-state index is 13.5. The fourth-order valence-electron chi connectivity index (χ4n) is 1.51. The van der Waals surface area contributed by atoms with Crippen LogP contribution in [0.2, 0.25) is 0 Å². The van der Waals surface area contributed by atoms with Crippen LogP contribution in [0.3, 0.4) is 0 Å². The summed E-state index contributed by atoms with van der Waals surface area (Å²) in [6.07, 6.45) is 0. The highest BCUT2D eigenvalue weighted by Crippen LogP contribution is 2.26. The lowest BCUT2D eigenvalue weighted by molar-refractivity contribution is 0.386. The van der Waals surface area contributed by atoms with Gasteiger partial charge in [0.2, 0.25) is 0 Å². The largest absolute Gasteiger partial charge is 0.494 e. The Hall–Kier alpha value is -1.39. The van der Waals surface area contributed by atoms with Crippen molar-refractivity contribution < 1.29 is 9.13 Å². The molecule has 0 aliphatic carbocycles. The predicted molar refractivity (Wildman–Crippen MR) is 63.3 cm³/mol. The maximum atomic E-state index is 13.5. The second-order valence-electron chi connectivity index (χ2n) is 3.39. The van der Waals surface area contributed by atoms with Crippen molar-refractivity contribution in [2.24, 2.45) is 5.73 Å². The summed E-state index contributed by atoms with van der Waals surface area (Å²) in [5.74, 6) is -0.144. The molecule has 0 bridgehead atoms. The van der Waals surface area contributed by atoms with Crippen molar-refractivity contribution in [2.75, 3.05) is 7.11 Å². The molecule has 0 radical (unpaired) electrons. The van der Waals surface area contributed by atoms with Gasteiger partial charge in [0.25, 0.3) is 0 Å². The van der Waals surface area contributed by atoms with E-state index in [9.17, 15) is 4.39 Å². The van der Waals surface area contributed by atoms with Gasteiger partial charge in [0.05, 0.1) is 13.2 Å². The van der Waals surface area contributed by atoms with Crippen LogP contribution in [-0.4, -0.2) is 7.11 Å². The van der Waals surface area contributed by atoms with Gasteiger partial charge in [0, 0.05) is 4.88 Å². The van der Waals surface area contributed by atoms with Crippen LogP contribution in [0.4, 0.5) is 4.39 Å². The minimum atomic E-state index is -0.382. The van der Waals surface area contributed by atoms with Gasteiger partial charge >= 0.3 is 0 Å². The van der Waals surface area contributed by atoms with Crippen molar-refractivity contribution in [2.45, 2.75) is 6.04 Å². The highest BCUT2D eigenvalue weighted by atomic mass is 32.1. The second-order valence-corrected chi connectivity index (χ2v) is 4.37. The van der Waals surface area contributed by atoms with Gasteiger partial charge < -0.3 is 10.5 Å². The molecule has 2 N–H and O–H groups in total. The molecule has 0 spiro atoms. The van der Waals surface area contributed by atoms with Crippen LogP contribution in [0.1, 0.15) is 16.5 Å². The SMILES string of the molecule is COc1ccc([C@@H](N)c2cccs2)cc1F. The Morgan fingerprint density at radius 2 is 2.19 bits per heavy atom. The van der Waals surface area contributed by atoms with Gasteiger partial charge in [-0.1, -0.05) is 12.1 Å². The molecule has 4 heteroatoms. The topological polar surface area (TPSA) is 35.2 Å². The van der Waals surface area contributed by atoms with E-state index in [1.165, 1.54) is 13.2 Å². The van der Waals surface area contributed by atoms with Gasteiger partial charge in [-0.25, -0.2) is 4.39 Å². The number of methoxy groups -OCH3 is 1. The maximum Gasteiger partial charge on any atom is 0.165 e. The quantitative estimate of drug-likeness (QED) is 0.890. The average molecular weight is 237 g/mol. The molecule has 1 aromatic carbocycles. The monoisotopic (exact) mass is 237 g/mol. The van der Waals surface area contributed by atoms with Crippen LogP contribution in [-0.2, 0) is 0 Å². The zero-order valence-electron chi connectivity index (χ0n) is 8.81. The van der Waals surface area contributed by atoms with E-state index < -0.39 is 0 Å². The molecule has 2 aromatic rings. The van der Waals surface area contributed by atoms with Gasteiger partial charge in [-0.15, -0.1) is 11.3 Å². The average Bonchev–Trinajstić information content (AvgIpc) is 2.81. The Morgan fingerprint density at radius 1 is 1.38 bits per heavy atom. The Kier molecular flexibility index (Phi) is 3.22. The molecule has 1 atom stereocenters. The van der Waals surface area contributed by atoms with Crippen molar-refractivity contribution in [3.05, 3.63) is 52.0 Å². The van der Waals surface area contributed by atoms with Crippen LogP contribution < -0.4 is 10.5 Å². The Balaban J connectivity index is 2.31. The highest BCUT2D eigenvalue weighted by molar-refractivity contribution is 7.10. The Bertz CT molecular complexity index is 470. The van der Waals surface area contributed by atoms with Crippen LogP contribution in [0.5, 0.6) is 5.75 Å². The summed E-state index contributed by atoms with van der Waals surface area (Å²) in [7, 11) is 1.44. The lowest BCUT2D eigenvalue weighted by Crippen LogP contribution is -2.10. The summed E-state index contributed by atoms with van der Waals surface area (Å²) < 4.78 is 18.3. The Morgan fingerprint density at radius 3 is 2.75 bits per heavy atom. The van der Waals surface area contributed by atoms with E-state index in [0.29, 0.717) is 0 Å². The first-order valence-electron chi connectivity index (χ1n) is 4.85. The summed E-state index contributed by atoms with van der Waals surface area (Å²) in [4.78, 5) is 1.02. The molecule has 0 unspecified atom stereocenters. The third kappa shape index (κ3) is 2.08. The van der Waals surface area contributed by atoms with Gasteiger partial charge in [-0.3, -0.25) is 0 Å². The first-order chi connectivity index (χ1) is 7.72. The number of halogens is 1. The van der Waals surface area contributed by atoms with Crippen molar-refractivity contribution in [1.82, 2.24) is 0 Å². The molecule has 0 saturated carbocycles. The molecular formula is C12H12FNOS. The van der Waals surface area contributed by atoms with Crippen molar-refractivity contribution in [3.63, 3.8) is 0 Å². The number of thiophene rings is 1. The van der Waals surface area contributed by atoms with Crippen molar-refractivity contribution in [3.8, 4) is 5.75 Å². The van der Waals surface area contributed by atoms with E-state index >= 15 is 0 Å². The molecule has 0 aliphatic heterocycles. The van der Waals surface area contributed by atoms with Gasteiger partial charge in [-0.05, 0) is 29.1 Å². The lowest BCUT2D eigenvalue weighted by atomic mass is 10.1. The number of benzene rings is 1. The van der Waals surface area contributed by atoms with Crippen molar-refractivity contribution >= 4 is 11.3 Å². The summed E-state index contributed by atoms with van der Waals surface area (Å²) >= 11 is 1.56. The van der Waals surface area contributed by atoms with E-state index in [2.05, 4.69) is 0 Å². The molecule has 1 heterocycles. The zero-order chi connectivity index (χ0) is 11.5. The van der Waals surface area contributed by atoms with E-state index in [0.717, 1.165) is 10.4 Å². The number of ether oxygens (including phenoxy) is 1. The third-order valence-electron chi connectivity index (χ3n) is 2.38. The van der Waals surface area contributed by atoms with E-state index in [1.54, 1.807) is 23.5 Å². The Labute approximate surface area is 97.5 Å².